The standard InChI is InChI=1S/C19H15NO2/c1-13-6-8-14(9-7-13)17-11-10-15(12-20-17)19(22)16-4-2-3-5-18(16)21/h2-12,21H,1H3. The van der Waals surface area contributed by atoms with Crippen LogP contribution in [0.4, 0.5) is 0 Å². The number of aromatic hydroxyl groups is 1. The fourth-order valence-corrected chi connectivity index (χ4v) is 2.24. The van der Waals surface area contributed by atoms with Crippen molar-refractivity contribution < 1.29 is 9.90 Å². The highest BCUT2D eigenvalue weighted by molar-refractivity contribution is 6.10. The van der Waals surface area contributed by atoms with Crippen LogP contribution in [-0.4, -0.2) is 15.9 Å². The van der Waals surface area contributed by atoms with Gasteiger partial charge in [0.15, 0.2) is 5.78 Å². The van der Waals surface area contributed by atoms with Crippen molar-refractivity contribution in [3.63, 3.8) is 0 Å². The van der Waals surface area contributed by atoms with Crippen molar-refractivity contribution in [2.75, 3.05) is 0 Å². The van der Waals surface area contributed by atoms with Crippen molar-refractivity contribution in [3.8, 4) is 17.0 Å². The normalized spacial score (nSPS) is 10.4. The van der Waals surface area contributed by atoms with Crippen LogP contribution in [0.5, 0.6) is 5.75 Å². The van der Waals surface area contributed by atoms with Gasteiger partial charge in [0.25, 0.3) is 0 Å². The number of aryl methyl sites for hydroxylation is 1. The van der Waals surface area contributed by atoms with Gasteiger partial charge in [-0.15, -0.1) is 0 Å². The summed E-state index contributed by atoms with van der Waals surface area (Å²) in [7, 11) is 0. The molecule has 0 radical (unpaired) electrons. The third-order valence-corrected chi connectivity index (χ3v) is 3.52. The van der Waals surface area contributed by atoms with E-state index in [2.05, 4.69) is 4.98 Å². The van der Waals surface area contributed by atoms with E-state index in [4.69, 9.17) is 0 Å². The summed E-state index contributed by atoms with van der Waals surface area (Å²) in [6, 6.07) is 18.1. The molecule has 0 unspecified atom stereocenters. The van der Waals surface area contributed by atoms with Crippen molar-refractivity contribution in [1.82, 2.24) is 4.98 Å². The molecule has 3 heteroatoms. The second kappa shape index (κ2) is 5.82. The molecule has 1 N–H and O–H groups in total. The van der Waals surface area contributed by atoms with E-state index < -0.39 is 0 Å². The summed E-state index contributed by atoms with van der Waals surface area (Å²) in [6.07, 6.45) is 1.55. The van der Waals surface area contributed by atoms with Crippen LogP contribution in [0, 0.1) is 6.92 Å². The summed E-state index contributed by atoms with van der Waals surface area (Å²) in [4.78, 5) is 16.7. The number of pyridine rings is 1. The summed E-state index contributed by atoms with van der Waals surface area (Å²) in [6.45, 7) is 2.03. The van der Waals surface area contributed by atoms with E-state index in [1.165, 1.54) is 11.6 Å². The Labute approximate surface area is 128 Å². The predicted molar refractivity (Wildman–Crippen MR) is 85.9 cm³/mol. The molecule has 0 atom stereocenters. The Hall–Kier alpha value is -2.94. The molecule has 108 valence electrons. The molecule has 1 aromatic heterocycles. The lowest BCUT2D eigenvalue weighted by Gasteiger charge is -2.05. The van der Waals surface area contributed by atoms with Crippen molar-refractivity contribution in [2.24, 2.45) is 0 Å². The van der Waals surface area contributed by atoms with Gasteiger partial charge in [0.2, 0.25) is 0 Å². The molecule has 0 amide bonds. The number of benzene rings is 2. The molecule has 3 rings (SSSR count). The van der Waals surface area contributed by atoms with Crippen molar-refractivity contribution in [1.29, 1.82) is 0 Å². The molecule has 0 bridgehead atoms. The molecular weight excluding hydrogens is 274 g/mol. The SMILES string of the molecule is Cc1ccc(-c2ccc(C(=O)c3ccccc3O)cn2)cc1. The van der Waals surface area contributed by atoms with E-state index in [-0.39, 0.29) is 17.1 Å². The van der Waals surface area contributed by atoms with Crippen molar-refractivity contribution >= 4 is 5.78 Å². The smallest absolute Gasteiger partial charge is 0.198 e. The minimum atomic E-state index is -0.235. The second-order valence-electron chi connectivity index (χ2n) is 5.14. The molecule has 0 aliphatic carbocycles. The van der Waals surface area contributed by atoms with E-state index in [1.54, 1.807) is 30.5 Å². The average molecular weight is 289 g/mol. The van der Waals surface area contributed by atoms with Gasteiger partial charge in [0.1, 0.15) is 5.75 Å². The third-order valence-electron chi connectivity index (χ3n) is 3.52. The van der Waals surface area contributed by atoms with Gasteiger partial charge >= 0.3 is 0 Å². The van der Waals surface area contributed by atoms with Gasteiger partial charge in [-0.1, -0.05) is 42.0 Å². The van der Waals surface area contributed by atoms with Crippen LogP contribution in [0.3, 0.4) is 0 Å². The summed E-state index contributed by atoms with van der Waals surface area (Å²) in [5, 5.41) is 9.76. The number of ketones is 1. The van der Waals surface area contributed by atoms with Crippen LogP contribution in [-0.2, 0) is 0 Å². The first kappa shape index (κ1) is 14.0. The van der Waals surface area contributed by atoms with Gasteiger partial charge in [-0.05, 0) is 31.2 Å². The van der Waals surface area contributed by atoms with Crippen LogP contribution >= 0.6 is 0 Å². The van der Waals surface area contributed by atoms with Crippen molar-refractivity contribution in [2.45, 2.75) is 6.92 Å². The summed E-state index contributed by atoms with van der Waals surface area (Å²) < 4.78 is 0. The number of carbonyl (C=O) groups excluding carboxylic acids is 1. The number of hydrogen-bond donors (Lipinski definition) is 1. The molecule has 0 saturated carbocycles. The molecule has 0 saturated heterocycles. The Morgan fingerprint density at radius 2 is 1.68 bits per heavy atom. The highest BCUT2D eigenvalue weighted by Crippen LogP contribution is 2.22. The molecule has 0 aliphatic heterocycles. The minimum Gasteiger partial charge on any atom is -0.507 e. The van der Waals surface area contributed by atoms with Gasteiger partial charge in [-0.25, -0.2) is 0 Å². The summed E-state index contributed by atoms with van der Waals surface area (Å²) in [5.74, 6) is -0.254. The molecular formula is C19H15NO2. The van der Waals surface area contributed by atoms with Gasteiger partial charge in [-0.3, -0.25) is 9.78 Å². The first-order valence-electron chi connectivity index (χ1n) is 7.01. The number of hydrogen-bond acceptors (Lipinski definition) is 3. The lowest BCUT2D eigenvalue weighted by atomic mass is 10.0. The Balaban J connectivity index is 1.90. The van der Waals surface area contributed by atoms with E-state index in [0.29, 0.717) is 5.56 Å². The molecule has 22 heavy (non-hydrogen) atoms. The van der Waals surface area contributed by atoms with E-state index in [9.17, 15) is 9.90 Å². The predicted octanol–water partition coefficient (Wildman–Crippen LogP) is 3.99. The van der Waals surface area contributed by atoms with E-state index >= 15 is 0 Å². The minimum absolute atomic E-state index is 0.0184. The number of aromatic nitrogens is 1. The van der Waals surface area contributed by atoms with Gasteiger partial charge in [0, 0.05) is 17.3 Å². The van der Waals surface area contributed by atoms with Crippen LogP contribution in [0.25, 0.3) is 11.3 Å². The Kier molecular flexibility index (Phi) is 3.71. The molecule has 3 nitrogen and oxygen atoms in total. The molecule has 3 aromatic rings. The maximum atomic E-state index is 12.4. The highest BCUT2D eigenvalue weighted by atomic mass is 16.3. The fourth-order valence-electron chi connectivity index (χ4n) is 2.24. The zero-order valence-corrected chi connectivity index (χ0v) is 12.2. The van der Waals surface area contributed by atoms with E-state index in [1.807, 2.05) is 37.3 Å². The highest BCUT2D eigenvalue weighted by Gasteiger charge is 2.13. The van der Waals surface area contributed by atoms with Crippen LogP contribution in [0.2, 0.25) is 0 Å². The Morgan fingerprint density at radius 3 is 2.32 bits per heavy atom. The molecule has 0 aliphatic rings. The topological polar surface area (TPSA) is 50.2 Å². The number of carbonyl (C=O) groups is 1. The molecule has 0 spiro atoms. The lowest BCUT2D eigenvalue weighted by molar-refractivity contribution is 0.103. The third kappa shape index (κ3) is 2.74. The summed E-state index contributed by atoms with van der Waals surface area (Å²) in [5.41, 5.74) is 3.75. The Morgan fingerprint density at radius 1 is 0.955 bits per heavy atom. The zero-order valence-electron chi connectivity index (χ0n) is 12.2. The molecule has 1 heterocycles. The number of para-hydroxylation sites is 1. The number of phenols is 1. The van der Waals surface area contributed by atoms with Crippen molar-refractivity contribution in [3.05, 3.63) is 83.6 Å². The quantitative estimate of drug-likeness (QED) is 0.742. The monoisotopic (exact) mass is 289 g/mol. The van der Waals surface area contributed by atoms with E-state index in [0.717, 1.165) is 11.3 Å². The van der Waals surface area contributed by atoms with Gasteiger partial charge in [0.05, 0.1) is 11.3 Å². The zero-order chi connectivity index (χ0) is 15.5. The maximum Gasteiger partial charge on any atom is 0.198 e. The molecule has 2 aromatic carbocycles. The molecule has 0 fully saturated rings. The first-order chi connectivity index (χ1) is 10.6. The van der Waals surface area contributed by atoms with Crippen LogP contribution in [0.1, 0.15) is 21.5 Å². The average Bonchev–Trinajstić information content (AvgIpc) is 2.56. The fraction of sp³-hybridized carbons (Fsp3) is 0.0526. The largest absolute Gasteiger partial charge is 0.507 e. The van der Waals surface area contributed by atoms with Gasteiger partial charge < -0.3 is 5.11 Å². The van der Waals surface area contributed by atoms with Gasteiger partial charge in [-0.2, -0.15) is 0 Å². The van der Waals surface area contributed by atoms with Crippen LogP contribution < -0.4 is 0 Å². The second-order valence-corrected chi connectivity index (χ2v) is 5.14. The summed E-state index contributed by atoms with van der Waals surface area (Å²) >= 11 is 0. The Bertz CT molecular complexity index is 806. The van der Waals surface area contributed by atoms with Crippen LogP contribution in [0.15, 0.2) is 66.9 Å². The number of nitrogens with zero attached hydrogens (tertiary/aromatic N) is 1. The lowest BCUT2D eigenvalue weighted by Crippen LogP contribution is -2.02. The number of rotatable bonds is 3. The maximum absolute atomic E-state index is 12.4. The first-order valence-corrected chi connectivity index (χ1v) is 7.01. The number of phenolic OH excluding ortho intramolecular Hbond substituents is 1.